The number of benzene rings is 1. The van der Waals surface area contributed by atoms with Gasteiger partial charge in [-0.15, -0.1) is 10.2 Å². The highest BCUT2D eigenvalue weighted by molar-refractivity contribution is 6.34. The largest absolute Gasteiger partial charge is 0.264 e. The molecule has 0 amide bonds. The van der Waals surface area contributed by atoms with Crippen LogP contribution in [0.25, 0.3) is 22.0 Å². The summed E-state index contributed by atoms with van der Waals surface area (Å²) in [5, 5.41) is 10.6. The molecule has 4 heteroatoms. The first-order valence-electron chi connectivity index (χ1n) is 5.59. The quantitative estimate of drug-likeness (QED) is 0.666. The second-order valence-electron chi connectivity index (χ2n) is 4.08. The first-order chi connectivity index (χ1) is 8.77. The Morgan fingerprint density at radius 3 is 2.56 bits per heavy atom. The molecule has 3 nitrogen and oxygen atoms in total. The van der Waals surface area contributed by atoms with Crippen molar-refractivity contribution in [2.75, 3.05) is 0 Å². The van der Waals surface area contributed by atoms with Gasteiger partial charge in [-0.2, -0.15) is 0 Å². The minimum atomic E-state index is 0.427. The van der Waals surface area contributed by atoms with Crippen LogP contribution < -0.4 is 0 Å². The van der Waals surface area contributed by atoms with Crippen molar-refractivity contribution in [2.45, 2.75) is 6.92 Å². The molecular weight excluding hydrogens is 246 g/mol. The van der Waals surface area contributed by atoms with Crippen molar-refractivity contribution in [1.29, 1.82) is 0 Å². The van der Waals surface area contributed by atoms with Gasteiger partial charge in [0.2, 0.25) is 0 Å². The van der Waals surface area contributed by atoms with Crippen molar-refractivity contribution in [1.82, 2.24) is 15.2 Å². The third kappa shape index (κ3) is 1.73. The Bertz CT molecular complexity index is 725. The van der Waals surface area contributed by atoms with Crippen molar-refractivity contribution in [3.63, 3.8) is 0 Å². The number of hydrogen-bond donors (Lipinski definition) is 0. The standard InChI is InChI=1S/C14H10ClN3/c1-9-6-7-16-8-12(9)13-10-4-2-3-5-11(10)14(15)18-17-13/h2-8H,1H3. The van der Waals surface area contributed by atoms with Gasteiger partial charge in [0.05, 0.1) is 0 Å². The molecule has 1 aromatic carbocycles. The van der Waals surface area contributed by atoms with Gasteiger partial charge >= 0.3 is 0 Å². The normalized spacial score (nSPS) is 10.8. The van der Waals surface area contributed by atoms with Gasteiger partial charge in [0.1, 0.15) is 5.69 Å². The van der Waals surface area contributed by atoms with Crippen molar-refractivity contribution < 1.29 is 0 Å². The number of rotatable bonds is 1. The molecule has 3 rings (SSSR count). The molecule has 0 bridgehead atoms. The summed E-state index contributed by atoms with van der Waals surface area (Å²) in [6.07, 6.45) is 3.57. The van der Waals surface area contributed by atoms with Crippen LogP contribution in [0.1, 0.15) is 5.56 Å². The Morgan fingerprint density at radius 1 is 1.00 bits per heavy atom. The maximum absolute atomic E-state index is 6.07. The van der Waals surface area contributed by atoms with Gasteiger partial charge in [0.15, 0.2) is 5.15 Å². The molecule has 3 aromatic rings. The Kier molecular flexibility index (Phi) is 2.68. The number of halogens is 1. The number of nitrogens with zero attached hydrogens (tertiary/aromatic N) is 3. The van der Waals surface area contributed by atoms with Crippen molar-refractivity contribution in [2.24, 2.45) is 0 Å². The number of pyridine rings is 1. The van der Waals surface area contributed by atoms with Crippen LogP contribution in [-0.2, 0) is 0 Å². The van der Waals surface area contributed by atoms with Crippen LogP contribution in [0.4, 0.5) is 0 Å². The summed E-state index contributed by atoms with van der Waals surface area (Å²) in [6.45, 7) is 2.03. The topological polar surface area (TPSA) is 38.7 Å². The minimum absolute atomic E-state index is 0.427. The average Bonchev–Trinajstić information content (AvgIpc) is 2.41. The number of hydrogen-bond acceptors (Lipinski definition) is 3. The molecule has 2 heterocycles. The number of aromatic nitrogens is 3. The predicted molar refractivity (Wildman–Crippen MR) is 72.5 cm³/mol. The molecule has 0 aliphatic heterocycles. The molecule has 0 fully saturated rings. The molecule has 0 saturated heterocycles. The molecule has 0 atom stereocenters. The fourth-order valence-electron chi connectivity index (χ4n) is 1.98. The second kappa shape index (κ2) is 4.35. The zero-order valence-electron chi connectivity index (χ0n) is 9.76. The van der Waals surface area contributed by atoms with E-state index in [2.05, 4.69) is 15.2 Å². The van der Waals surface area contributed by atoms with E-state index in [1.54, 1.807) is 12.4 Å². The predicted octanol–water partition coefficient (Wildman–Crippen LogP) is 3.65. The van der Waals surface area contributed by atoms with E-state index in [-0.39, 0.29) is 0 Å². The maximum Gasteiger partial charge on any atom is 0.159 e. The van der Waals surface area contributed by atoms with Gasteiger partial charge in [0.25, 0.3) is 0 Å². The Hall–Kier alpha value is -2.00. The van der Waals surface area contributed by atoms with E-state index in [1.165, 1.54) is 0 Å². The maximum atomic E-state index is 6.07. The van der Waals surface area contributed by atoms with Crippen LogP contribution in [0.5, 0.6) is 0 Å². The van der Waals surface area contributed by atoms with Crippen LogP contribution in [0.2, 0.25) is 5.15 Å². The molecule has 0 N–H and O–H groups in total. The van der Waals surface area contributed by atoms with E-state index in [4.69, 9.17) is 11.6 Å². The first kappa shape index (κ1) is 11.1. The summed E-state index contributed by atoms with van der Waals surface area (Å²) in [6, 6.07) is 9.81. The van der Waals surface area contributed by atoms with E-state index >= 15 is 0 Å². The molecule has 0 radical (unpaired) electrons. The highest BCUT2D eigenvalue weighted by atomic mass is 35.5. The number of aryl methyl sites for hydroxylation is 1. The lowest BCUT2D eigenvalue weighted by Crippen LogP contribution is -1.93. The summed E-state index contributed by atoms with van der Waals surface area (Å²) >= 11 is 6.07. The molecule has 0 aliphatic carbocycles. The fraction of sp³-hybridized carbons (Fsp3) is 0.0714. The van der Waals surface area contributed by atoms with Gasteiger partial charge in [-0.1, -0.05) is 35.9 Å². The molecule has 0 aliphatic rings. The highest BCUT2D eigenvalue weighted by Gasteiger charge is 2.11. The Balaban J connectivity index is 2.38. The van der Waals surface area contributed by atoms with Gasteiger partial charge in [-0.3, -0.25) is 4.98 Å². The second-order valence-corrected chi connectivity index (χ2v) is 4.43. The highest BCUT2D eigenvalue weighted by Crippen LogP contribution is 2.30. The van der Waals surface area contributed by atoms with Crippen LogP contribution in [0.15, 0.2) is 42.7 Å². The third-order valence-corrected chi connectivity index (χ3v) is 3.22. The molecule has 0 saturated carbocycles. The number of fused-ring (bicyclic) bond motifs is 1. The molecule has 0 unspecified atom stereocenters. The van der Waals surface area contributed by atoms with Gasteiger partial charge in [-0.25, -0.2) is 0 Å². The van der Waals surface area contributed by atoms with Crippen molar-refractivity contribution >= 4 is 22.4 Å². The van der Waals surface area contributed by atoms with Gasteiger partial charge in [-0.05, 0) is 18.6 Å². The van der Waals surface area contributed by atoms with Crippen LogP contribution in [-0.4, -0.2) is 15.2 Å². The zero-order chi connectivity index (χ0) is 12.5. The van der Waals surface area contributed by atoms with E-state index in [0.29, 0.717) is 5.15 Å². The fourth-order valence-corrected chi connectivity index (χ4v) is 2.18. The van der Waals surface area contributed by atoms with E-state index in [1.807, 2.05) is 37.3 Å². The van der Waals surface area contributed by atoms with Crippen LogP contribution in [0.3, 0.4) is 0 Å². The van der Waals surface area contributed by atoms with E-state index < -0.39 is 0 Å². The Labute approximate surface area is 109 Å². The third-order valence-electron chi connectivity index (χ3n) is 2.94. The summed E-state index contributed by atoms with van der Waals surface area (Å²) in [5.41, 5.74) is 2.92. The van der Waals surface area contributed by atoms with E-state index in [9.17, 15) is 0 Å². The summed E-state index contributed by atoms with van der Waals surface area (Å²) in [4.78, 5) is 4.15. The van der Waals surface area contributed by atoms with Crippen LogP contribution >= 0.6 is 11.6 Å². The molecule has 88 valence electrons. The van der Waals surface area contributed by atoms with Crippen molar-refractivity contribution in [3.8, 4) is 11.3 Å². The lowest BCUT2D eigenvalue weighted by molar-refractivity contribution is 1.05. The van der Waals surface area contributed by atoms with Gasteiger partial charge < -0.3 is 0 Å². The average molecular weight is 256 g/mol. The first-order valence-corrected chi connectivity index (χ1v) is 5.97. The van der Waals surface area contributed by atoms with Crippen LogP contribution in [0, 0.1) is 6.92 Å². The molecule has 18 heavy (non-hydrogen) atoms. The summed E-state index contributed by atoms with van der Waals surface area (Å²) < 4.78 is 0. The summed E-state index contributed by atoms with van der Waals surface area (Å²) in [7, 11) is 0. The SMILES string of the molecule is Cc1ccncc1-c1nnc(Cl)c2ccccc12. The van der Waals surface area contributed by atoms with Crippen molar-refractivity contribution in [3.05, 3.63) is 53.4 Å². The van der Waals surface area contributed by atoms with E-state index in [0.717, 1.165) is 27.6 Å². The molecular formula is C14H10ClN3. The van der Waals surface area contributed by atoms with Gasteiger partial charge in [0, 0.05) is 28.7 Å². The smallest absolute Gasteiger partial charge is 0.159 e. The lowest BCUT2D eigenvalue weighted by atomic mass is 10.0. The monoisotopic (exact) mass is 255 g/mol. The summed E-state index contributed by atoms with van der Waals surface area (Å²) in [5.74, 6) is 0. The lowest BCUT2D eigenvalue weighted by Gasteiger charge is -2.07. The molecule has 0 spiro atoms. The zero-order valence-corrected chi connectivity index (χ0v) is 10.5. The minimum Gasteiger partial charge on any atom is -0.264 e. The molecule has 2 aromatic heterocycles. The Morgan fingerprint density at radius 2 is 1.78 bits per heavy atom.